The fourth-order valence-electron chi connectivity index (χ4n) is 0.894. The summed E-state index contributed by atoms with van der Waals surface area (Å²) in [5, 5.41) is 0. The van der Waals surface area contributed by atoms with E-state index in [1.807, 2.05) is 0 Å². The van der Waals surface area contributed by atoms with Gasteiger partial charge < -0.3 is 9.47 Å². The molecule has 0 aliphatic carbocycles. The molecule has 1 heterocycles. The highest BCUT2D eigenvalue weighted by atomic mass is 16.6. The van der Waals surface area contributed by atoms with Gasteiger partial charge in [-0.2, -0.15) is 0 Å². The third kappa shape index (κ3) is 3.42. The number of epoxide rings is 1. The second kappa shape index (κ2) is 4.23. The van der Waals surface area contributed by atoms with Gasteiger partial charge in [0.2, 0.25) is 0 Å². The molecule has 3 heteroatoms. The number of hydrogen-bond acceptors (Lipinski definition) is 3. The van der Waals surface area contributed by atoms with Crippen molar-refractivity contribution >= 4 is 5.97 Å². The van der Waals surface area contributed by atoms with Gasteiger partial charge >= 0.3 is 5.97 Å². The Kier molecular flexibility index (Phi) is 3.25. The Morgan fingerprint density at radius 2 is 2.46 bits per heavy atom. The van der Waals surface area contributed by atoms with Crippen molar-refractivity contribution in [3.63, 3.8) is 0 Å². The second-order valence-electron chi connectivity index (χ2n) is 3.15. The summed E-state index contributed by atoms with van der Waals surface area (Å²) in [6, 6.07) is 0. The van der Waals surface area contributed by atoms with E-state index in [-0.39, 0.29) is 18.2 Å². The van der Waals surface area contributed by atoms with Crippen LogP contribution in [0.2, 0.25) is 0 Å². The summed E-state index contributed by atoms with van der Waals surface area (Å²) in [6.45, 7) is 9.47. The number of rotatable bonds is 5. The van der Waals surface area contributed by atoms with Crippen molar-refractivity contribution in [1.82, 2.24) is 0 Å². The fourth-order valence-corrected chi connectivity index (χ4v) is 0.894. The zero-order valence-electron chi connectivity index (χ0n) is 7.79. The van der Waals surface area contributed by atoms with E-state index in [9.17, 15) is 4.79 Å². The van der Waals surface area contributed by atoms with Crippen molar-refractivity contribution in [3.05, 3.63) is 24.8 Å². The molecule has 1 rings (SSSR count). The highest BCUT2D eigenvalue weighted by molar-refractivity contribution is 5.87. The van der Waals surface area contributed by atoms with Gasteiger partial charge in [-0.15, -0.1) is 0 Å². The first-order valence-corrected chi connectivity index (χ1v) is 4.24. The van der Waals surface area contributed by atoms with Gasteiger partial charge in [0.1, 0.15) is 6.10 Å². The molecule has 1 aliphatic rings. The SMILES string of the molecule is C=CC(CC1CO1)OC(=O)C(=C)C. The first kappa shape index (κ1) is 9.99. The van der Waals surface area contributed by atoms with E-state index in [1.54, 1.807) is 13.0 Å². The lowest BCUT2D eigenvalue weighted by Crippen LogP contribution is -2.18. The monoisotopic (exact) mass is 182 g/mol. The van der Waals surface area contributed by atoms with Crippen LogP contribution in [0.4, 0.5) is 0 Å². The Balaban J connectivity index is 2.33. The van der Waals surface area contributed by atoms with Crippen molar-refractivity contribution in [2.75, 3.05) is 6.61 Å². The van der Waals surface area contributed by atoms with Crippen LogP contribution in [0.5, 0.6) is 0 Å². The molecule has 0 aromatic rings. The average Bonchev–Trinajstić information content (AvgIpc) is 2.86. The fraction of sp³-hybridized carbons (Fsp3) is 0.500. The predicted octanol–water partition coefficient (Wildman–Crippen LogP) is 1.45. The molecule has 0 radical (unpaired) electrons. The summed E-state index contributed by atoms with van der Waals surface area (Å²) >= 11 is 0. The lowest BCUT2D eigenvalue weighted by Gasteiger charge is -2.12. The molecule has 0 saturated carbocycles. The van der Waals surface area contributed by atoms with E-state index in [1.165, 1.54) is 0 Å². The van der Waals surface area contributed by atoms with Gasteiger partial charge in [-0.25, -0.2) is 4.79 Å². The molecule has 2 atom stereocenters. The normalized spacial score (nSPS) is 21.8. The van der Waals surface area contributed by atoms with E-state index in [2.05, 4.69) is 13.2 Å². The van der Waals surface area contributed by atoms with Crippen LogP contribution in [-0.4, -0.2) is 24.8 Å². The third-order valence-corrected chi connectivity index (χ3v) is 1.77. The molecule has 3 nitrogen and oxygen atoms in total. The molecular weight excluding hydrogens is 168 g/mol. The van der Waals surface area contributed by atoms with Gasteiger partial charge in [-0.1, -0.05) is 19.2 Å². The van der Waals surface area contributed by atoms with Crippen LogP contribution < -0.4 is 0 Å². The first-order chi connectivity index (χ1) is 6.13. The zero-order chi connectivity index (χ0) is 9.84. The van der Waals surface area contributed by atoms with Crippen LogP contribution >= 0.6 is 0 Å². The Morgan fingerprint density at radius 1 is 1.85 bits per heavy atom. The van der Waals surface area contributed by atoms with Gasteiger partial charge in [0.05, 0.1) is 12.7 Å². The Labute approximate surface area is 78.0 Å². The topological polar surface area (TPSA) is 38.8 Å². The molecule has 0 N–H and O–H groups in total. The van der Waals surface area contributed by atoms with E-state index < -0.39 is 0 Å². The minimum Gasteiger partial charge on any atom is -0.455 e. The van der Waals surface area contributed by atoms with Crippen LogP contribution in [0.15, 0.2) is 24.8 Å². The maximum absolute atomic E-state index is 11.1. The summed E-state index contributed by atoms with van der Waals surface area (Å²) < 4.78 is 10.1. The summed E-state index contributed by atoms with van der Waals surface area (Å²) in [5.41, 5.74) is 0.406. The van der Waals surface area contributed by atoms with Crippen LogP contribution in [0.3, 0.4) is 0 Å². The second-order valence-corrected chi connectivity index (χ2v) is 3.15. The van der Waals surface area contributed by atoms with Crippen molar-refractivity contribution in [1.29, 1.82) is 0 Å². The molecule has 0 bridgehead atoms. The maximum atomic E-state index is 11.1. The highest BCUT2D eigenvalue weighted by Crippen LogP contribution is 2.18. The lowest BCUT2D eigenvalue weighted by atomic mass is 10.2. The average molecular weight is 182 g/mol. The number of esters is 1. The number of hydrogen-bond donors (Lipinski definition) is 0. The molecule has 2 unspecified atom stereocenters. The van der Waals surface area contributed by atoms with Crippen molar-refractivity contribution < 1.29 is 14.3 Å². The largest absolute Gasteiger partial charge is 0.455 e. The summed E-state index contributed by atoms with van der Waals surface area (Å²) in [6.07, 6.45) is 2.29. The van der Waals surface area contributed by atoms with Gasteiger partial charge in [0.25, 0.3) is 0 Å². The summed E-state index contributed by atoms with van der Waals surface area (Å²) in [4.78, 5) is 11.1. The molecule has 0 amide bonds. The molecular formula is C10H14O3. The van der Waals surface area contributed by atoms with Gasteiger partial charge in [-0.3, -0.25) is 0 Å². The molecule has 1 aliphatic heterocycles. The van der Waals surface area contributed by atoms with E-state index in [4.69, 9.17) is 9.47 Å². The molecule has 72 valence electrons. The quantitative estimate of drug-likeness (QED) is 0.279. The zero-order valence-corrected chi connectivity index (χ0v) is 7.79. The standard InChI is InChI=1S/C10H14O3/c1-4-8(5-9-6-12-9)13-10(11)7(2)3/h4,8-9H,1-2,5-6H2,3H3. The van der Waals surface area contributed by atoms with Crippen molar-refractivity contribution in [2.24, 2.45) is 0 Å². The van der Waals surface area contributed by atoms with Crippen molar-refractivity contribution in [3.8, 4) is 0 Å². The van der Waals surface area contributed by atoms with Gasteiger partial charge in [-0.05, 0) is 6.92 Å². The number of ether oxygens (including phenoxy) is 2. The van der Waals surface area contributed by atoms with Crippen LogP contribution in [0.25, 0.3) is 0 Å². The Morgan fingerprint density at radius 3 is 2.85 bits per heavy atom. The summed E-state index contributed by atoms with van der Waals surface area (Å²) in [7, 11) is 0. The third-order valence-electron chi connectivity index (χ3n) is 1.77. The minimum absolute atomic E-state index is 0.237. The first-order valence-electron chi connectivity index (χ1n) is 4.24. The Bertz CT molecular complexity index is 228. The smallest absolute Gasteiger partial charge is 0.333 e. The Hall–Kier alpha value is -1.09. The van der Waals surface area contributed by atoms with E-state index >= 15 is 0 Å². The maximum Gasteiger partial charge on any atom is 0.333 e. The molecule has 0 aromatic carbocycles. The summed E-state index contributed by atoms with van der Waals surface area (Å²) in [5.74, 6) is -0.370. The van der Waals surface area contributed by atoms with Crippen molar-refractivity contribution in [2.45, 2.75) is 25.6 Å². The number of carbonyl (C=O) groups excluding carboxylic acids is 1. The van der Waals surface area contributed by atoms with E-state index in [0.29, 0.717) is 12.0 Å². The van der Waals surface area contributed by atoms with Gasteiger partial charge in [0.15, 0.2) is 0 Å². The molecule has 1 fully saturated rings. The highest BCUT2D eigenvalue weighted by Gasteiger charge is 2.27. The molecule has 1 saturated heterocycles. The lowest BCUT2D eigenvalue weighted by molar-refractivity contribution is -0.142. The van der Waals surface area contributed by atoms with Crippen LogP contribution in [0, 0.1) is 0 Å². The van der Waals surface area contributed by atoms with Crippen LogP contribution in [0.1, 0.15) is 13.3 Å². The minimum atomic E-state index is -0.370. The molecule has 0 aromatic heterocycles. The van der Waals surface area contributed by atoms with Gasteiger partial charge in [0, 0.05) is 12.0 Å². The van der Waals surface area contributed by atoms with E-state index in [0.717, 1.165) is 6.61 Å². The predicted molar refractivity (Wildman–Crippen MR) is 49.2 cm³/mol. The van der Waals surface area contributed by atoms with Crippen LogP contribution in [-0.2, 0) is 14.3 Å². The molecule has 13 heavy (non-hydrogen) atoms. The molecule has 0 spiro atoms. The number of carbonyl (C=O) groups is 1.